The first-order valence-electron chi connectivity index (χ1n) is 6.56. The van der Waals surface area contributed by atoms with Crippen LogP contribution in [0.25, 0.3) is 0 Å². The van der Waals surface area contributed by atoms with Crippen molar-refractivity contribution in [2.24, 2.45) is 0 Å². The SMILES string of the molecule is CC(C)(C)OC(=O)N1C(=O)COCC1c1ccccc1. The minimum absolute atomic E-state index is 0.0947. The molecule has 0 radical (unpaired) electrons. The summed E-state index contributed by atoms with van der Waals surface area (Å²) in [6.45, 7) is 5.51. The van der Waals surface area contributed by atoms with Gasteiger partial charge in [0.25, 0.3) is 5.91 Å². The van der Waals surface area contributed by atoms with Gasteiger partial charge < -0.3 is 9.47 Å². The number of benzene rings is 1. The van der Waals surface area contributed by atoms with E-state index in [4.69, 9.17) is 9.47 Å². The van der Waals surface area contributed by atoms with Gasteiger partial charge >= 0.3 is 6.09 Å². The molecule has 2 amide bonds. The number of hydrogen-bond acceptors (Lipinski definition) is 4. The van der Waals surface area contributed by atoms with E-state index in [0.717, 1.165) is 10.5 Å². The van der Waals surface area contributed by atoms with Crippen molar-refractivity contribution >= 4 is 12.0 Å². The molecular weight excluding hydrogens is 258 g/mol. The number of ether oxygens (including phenoxy) is 2. The fraction of sp³-hybridized carbons (Fsp3) is 0.467. The van der Waals surface area contributed by atoms with Crippen molar-refractivity contribution in [3.63, 3.8) is 0 Å². The second-order valence-electron chi connectivity index (χ2n) is 5.69. The third-order valence-electron chi connectivity index (χ3n) is 2.86. The van der Waals surface area contributed by atoms with Crippen molar-refractivity contribution in [1.29, 1.82) is 0 Å². The van der Waals surface area contributed by atoms with E-state index in [1.807, 2.05) is 30.3 Å². The maximum atomic E-state index is 12.2. The van der Waals surface area contributed by atoms with Crippen LogP contribution in [0.2, 0.25) is 0 Å². The molecule has 0 bridgehead atoms. The fourth-order valence-corrected chi connectivity index (χ4v) is 2.04. The minimum Gasteiger partial charge on any atom is -0.443 e. The highest BCUT2D eigenvalue weighted by atomic mass is 16.6. The van der Waals surface area contributed by atoms with E-state index in [9.17, 15) is 9.59 Å². The molecule has 0 aromatic heterocycles. The number of rotatable bonds is 1. The normalized spacial score (nSPS) is 19.9. The first-order chi connectivity index (χ1) is 9.38. The van der Waals surface area contributed by atoms with Crippen molar-refractivity contribution in [2.45, 2.75) is 32.4 Å². The second kappa shape index (κ2) is 5.63. The van der Waals surface area contributed by atoms with Crippen LogP contribution >= 0.6 is 0 Å². The van der Waals surface area contributed by atoms with Crippen LogP contribution in [-0.4, -0.2) is 35.7 Å². The standard InChI is InChI=1S/C15H19NO4/c1-15(2,3)20-14(18)16-12(9-19-10-13(16)17)11-7-5-4-6-8-11/h4-8,12H,9-10H2,1-3H3. The molecule has 1 aromatic carbocycles. The van der Waals surface area contributed by atoms with Gasteiger partial charge in [0.05, 0.1) is 12.6 Å². The van der Waals surface area contributed by atoms with Gasteiger partial charge in [-0.1, -0.05) is 30.3 Å². The van der Waals surface area contributed by atoms with Crippen molar-refractivity contribution in [1.82, 2.24) is 4.90 Å². The number of morpholine rings is 1. The predicted molar refractivity (Wildman–Crippen MR) is 73.1 cm³/mol. The van der Waals surface area contributed by atoms with Gasteiger partial charge in [0.1, 0.15) is 12.2 Å². The Morgan fingerprint density at radius 2 is 1.95 bits per heavy atom. The molecule has 1 aliphatic rings. The molecule has 2 rings (SSSR count). The number of nitrogens with zero attached hydrogens (tertiary/aromatic N) is 1. The Kier molecular flexibility index (Phi) is 4.09. The molecule has 5 nitrogen and oxygen atoms in total. The summed E-state index contributed by atoms with van der Waals surface area (Å²) in [5.74, 6) is -0.376. The first-order valence-corrected chi connectivity index (χ1v) is 6.56. The summed E-state index contributed by atoms with van der Waals surface area (Å²) in [5.41, 5.74) is 0.211. The van der Waals surface area contributed by atoms with Crippen LogP contribution in [0.5, 0.6) is 0 Å². The van der Waals surface area contributed by atoms with Gasteiger partial charge in [0, 0.05) is 0 Å². The van der Waals surface area contributed by atoms with E-state index in [2.05, 4.69) is 0 Å². The maximum absolute atomic E-state index is 12.2. The average molecular weight is 277 g/mol. The topological polar surface area (TPSA) is 55.8 Å². The number of carbonyl (C=O) groups excluding carboxylic acids is 2. The Morgan fingerprint density at radius 3 is 2.55 bits per heavy atom. The van der Waals surface area contributed by atoms with E-state index in [1.165, 1.54) is 0 Å². The molecule has 1 unspecified atom stereocenters. The zero-order valence-electron chi connectivity index (χ0n) is 12.0. The zero-order chi connectivity index (χ0) is 14.8. The Balaban J connectivity index is 2.25. The first kappa shape index (κ1) is 14.5. The summed E-state index contributed by atoms with van der Waals surface area (Å²) in [5, 5.41) is 0. The third-order valence-corrected chi connectivity index (χ3v) is 2.86. The quantitative estimate of drug-likeness (QED) is 0.791. The molecule has 1 saturated heterocycles. The van der Waals surface area contributed by atoms with Gasteiger partial charge in [0.15, 0.2) is 0 Å². The van der Waals surface area contributed by atoms with Gasteiger partial charge in [0.2, 0.25) is 0 Å². The predicted octanol–water partition coefficient (Wildman–Crippen LogP) is 2.52. The van der Waals surface area contributed by atoms with E-state index >= 15 is 0 Å². The van der Waals surface area contributed by atoms with Gasteiger partial charge in [-0.2, -0.15) is 0 Å². The monoisotopic (exact) mass is 277 g/mol. The highest BCUT2D eigenvalue weighted by Crippen LogP contribution is 2.26. The molecule has 108 valence electrons. The lowest BCUT2D eigenvalue weighted by Crippen LogP contribution is -2.49. The Bertz CT molecular complexity index is 492. The number of carbonyl (C=O) groups is 2. The van der Waals surface area contributed by atoms with E-state index in [0.29, 0.717) is 0 Å². The summed E-state index contributed by atoms with van der Waals surface area (Å²) in [7, 11) is 0. The van der Waals surface area contributed by atoms with Gasteiger partial charge in [-0.25, -0.2) is 9.69 Å². The zero-order valence-corrected chi connectivity index (χ0v) is 12.0. The summed E-state index contributed by atoms with van der Waals surface area (Å²) >= 11 is 0. The van der Waals surface area contributed by atoms with Gasteiger partial charge in [-0.05, 0) is 26.3 Å². The highest BCUT2D eigenvalue weighted by molar-refractivity contribution is 5.93. The lowest BCUT2D eigenvalue weighted by atomic mass is 10.1. The smallest absolute Gasteiger partial charge is 0.417 e. The fourth-order valence-electron chi connectivity index (χ4n) is 2.04. The van der Waals surface area contributed by atoms with Crippen molar-refractivity contribution in [2.75, 3.05) is 13.2 Å². The number of imide groups is 1. The summed E-state index contributed by atoms with van der Waals surface area (Å²) in [4.78, 5) is 25.4. The van der Waals surface area contributed by atoms with Crippen LogP contribution in [0, 0.1) is 0 Å². The van der Waals surface area contributed by atoms with Crippen molar-refractivity contribution in [3.05, 3.63) is 35.9 Å². The van der Waals surface area contributed by atoms with E-state index < -0.39 is 17.7 Å². The molecule has 1 atom stereocenters. The molecular formula is C15H19NO4. The average Bonchev–Trinajstić information content (AvgIpc) is 2.37. The third kappa shape index (κ3) is 3.36. The molecule has 20 heavy (non-hydrogen) atoms. The second-order valence-corrected chi connectivity index (χ2v) is 5.69. The summed E-state index contributed by atoms with van der Waals surface area (Å²) in [6, 6.07) is 8.90. The lowest BCUT2D eigenvalue weighted by Gasteiger charge is -2.35. The molecule has 1 aliphatic heterocycles. The Morgan fingerprint density at radius 1 is 1.30 bits per heavy atom. The summed E-state index contributed by atoms with van der Waals surface area (Å²) < 4.78 is 10.6. The molecule has 5 heteroatoms. The molecule has 0 N–H and O–H groups in total. The van der Waals surface area contributed by atoms with Gasteiger partial charge in [-0.3, -0.25) is 4.79 Å². The Labute approximate surface area is 118 Å². The molecule has 1 heterocycles. The number of hydrogen-bond donors (Lipinski definition) is 0. The number of amides is 2. The molecule has 1 fully saturated rings. The molecule has 0 saturated carbocycles. The molecule has 0 aliphatic carbocycles. The van der Waals surface area contributed by atoms with E-state index in [1.54, 1.807) is 20.8 Å². The largest absolute Gasteiger partial charge is 0.443 e. The van der Waals surface area contributed by atoms with Crippen molar-refractivity contribution < 1.29 is 19.1 Å². The Hall–Kier alpha value is -1.88. The maximum Gasteiger partial charge on any atom is 0.417 e. The minimum atomic E-state index is -0.642. The van der Waals surface area contributed by atoms with Crippen molar-refractivity contribution in [3.8, 4) is 0 Å². The highest BCUT2D eigenvalue weighted by Gasteiger charge is 2.37. The van der Waals surface area contributed by atoms with Crippen LogP contribution in [0.3, 0.4) is 0 Å². The van der Waals surface area contributed by atoms with Crippen LogP contribution in [0.4, 0.5) is 4.79 Å². The molecule has 1 aromatic rings. The van der Waals surface area contributed by atoms with Crippen LogP contribution in [0.1, 0.15) is 32.4 Å². The van der Waals surface area contributed by atoms with E-state index in [-0.39, 0.29) is 19.1 Å². The lowest BCUT2D eigenvalue weighted by molar-refractivity contribution is -0.146. The van der Waals surface area contributed by atoms with Crippen LogP contribution < -0.4 is 0 Å². The van der Waals surface area contributed by atoms with Crippen LogP contribution in [0.15, 0.2) is 30.3 Å². The molecule has 0 spiro atoms. The van der Waals surface area contributed by atoms with Crippen LogP contribution in [-0.2, 0) is 14.3 Å². The summed E-state index contributed by atoms with van der Waals surface area (Å²) in [6.07, 6.45) is -0.625. The van der Waals surface area contributed by atoms with Gasteiger partial charge in [-0.15, -0.1) is 0 Å².